The number of ketones is 1. The molecule has 2 atom stereocenters. The van der Waals surface area contributed by atoms with Crippen molar-refractivity contribution < 1.29 is 14.3 Å². The summed E-state index contributed by atoms with van der Waals surface area (Å²) in [5.41, 5.74) is 1.61. The fourth-order valence-electron chi connectivity index (χ4n) is 2.90. The minimum absolute atomic E-state index is 0.0350. The number of amides is 1. The van der Waals surface area contributed by atoms with E-state index in [-0.39, 0.29) is 23.8 Å². The normalized spacial score (nSPS) is 17.3. The van der Waals surface area contributed by atoms with Crippen molar-refractivity contribution in [3.8, 4) is 0 Å². The van der Waals surface area contributed by atoms with Gasteiger partial charge < -0.3 is 15.4 Å². The maximum absolute atomic E-state index is 12.4. The van der Waals surface area contributed by atoms with Crippen LogP contribution >= 0.6 is 23.1 Å². The predicted molar refractivity (Wildman–Crippen MR) is 111 cm³/mol. The predicted octanol–water partition coefficient (Wildman–Crippen LogP) is 3.30. The first kappa shape index (κ1) is 20.8. The van der Waals surface area contributed by atoms with Crippen molar-refractivity contribution in [1.29, 1.82) is 0 Å². The third kappa shape index (κ3) is 6.02. The van der Waals surface area contributed by atoms with Gasteiger partial charge in [0.25, 0.3) is 0 Å². The molecule has 0 radical (unpaired) electrons. The molecule has 28 heavy (non-hydrogen) atoms. The van der Waals surface area contributed by atoms with Crippen molar-refractivity contribution in [2.24, 2.45) is 0 Å². The summed E-state index contributed by atoms with van der Waals surface area (Å²) in [6, 6.07) is 7.25. The standard InChI is InChI=1S/C19H24N4O3S2/c1-12(21-13(2)24)14-5-7-15(8-6-14)17(25)11-27-19-23-22-18(28-19)20-10-16-4-3-9-26-16/h5-8,12,16H,3-4,9-11H2,1-2H3,(H,20,22)(H,21,24)/t12-,16+/m1/s1. The zero-order valence-electron chi connectivity index (χ0n) is 15.9. The Balaban J connectivity index is 1.46. The summed E-state index contributed by atoms with van der Waals surface area (Å²) in [6.07, 6.45) is 2.43. The highest BCUT2D eigenvalue weighted by Crippen LogP contribution is 2.26. The number of hydrogen-bond donors (Lipinski definition) is 2. The largest absolute Gasteiger partial charge is 0.376 e. The molecule has 1 amide bonds. The molecule has 2 heterocycles. The molecule has 3 rings (SSSR count). The molecular formula is C19H24N4O3S2. The van der Waals surface area contributed by atoms with Gasteiger partial charge in [0, 0.05) is 25.6 Å². The molecule has 0 bridgehead atoms. The summed E-state index contributed by atoms with van der Waals surface area (Å²) in [4.78, 5) is 23.6. The molecule has 1 aromatic carbocycles. The SMILES string of the molecule is CC(=O)N[C@H](C)c1ccc(C(=O)CSc2nnc(NC[C@@H]3CCCO3)s2)cc1. The zero-order chi connectivity index (χ0) is 19.9. The first-order valence-corrected chi connectivity index (χ1v) is 11.0. The van der Waals surface area contributed by atoms with Crippen LogP contribution in [0.5, 0.6) is 0 Å². The molecule has 7 nitrogen and oxygen atoms in total. The summed E-state index contributed by atoms with van der Waals surface area (Å²) in [7, 11) is 0. The number of nitrogens with one attached hydrogen (secondary N) is 2. The van der Waals surface area contributed by atoms with Crippen molar-refractivity contribution >= 4 is 39.9 Å². The van der Waals surface area contributed by atoms with Crippen LogP contribution in [-0.4, -0.2) is 46.9 Å². The Hall–Kier alpha value is -1.97. The van der Waals surface area contributed by atoms with E-state index in [4.69, 9.17) is 4.74 Å². The van der Waals surface area contributed by atoms with E-state index in [1.165, 1.54) is 30.0 Å². The molecule has 1 aliphatic rings. The molecule has 1 saturated heterocycles. The fourth-order valence-corrected chi connectivity index (χ4v) is 4.56. The van der Waals surface area contributed by atoms with Crippen LogP contribution in [0.25, 0.3) is 0 Å². The quantitative estimate of drug-likeness (QED) is 0.475. The fraction of sp³-hybridized carbons (Fsp3) is 0.474. The van der Waals surface area contributed by atoms with Gasteiger partial charge in [0.2, 0.25) is 11.0 Å². The third-order valence-corrected chi connectivity index (χ3v) is 6.40. The zero-order valence-corrected chi connectivity index (χ0v) is 17.6. The van der Waals surface area contributed by atoms with E-state index < -0.39 is 0 Å². The van der Waals surface area contributed by atoms with E-state index in [0.717, 1.165) is 41.0 Å². The number of thioether (sulfide) groups is 1. The lowest BCUT2D eigenvalue weighted by atomic mass is 10.0. The van der Waals surface area contributed by atoms with Crippen molar-refractivity contribution in [2.45, 2.75) is 43.2 Å². The lowest BCUT2D eigenvalue weighted by Gasteiger charge is -2.13. The molecule has 9 heteroatoms. The monoisotopic (exact) mass is 420 g/mol. The van der Waals surface area contributed by atoms with Crippen LogP contribution in [-0.2, 0) is 9.53 Å². The Kier molecular flexibility index (Phi) is 7.41. The highest BCUT2D eigenvalue weighted by molar-refractivity contribution is 8.01. The summed E-state index contributed by atoms with van der Waals surface area (Å²) < 4.78 is 6.34. The first-order chi connectivity index (χ1) is 13.5. The van der Waals surface area contributed by atoms with Gasteiger partial charge in [0.1, 0.15) is 0 Å². The first-order valence-electron chi connectivity index (χ1n) is 9.23. The van der Waals surface area contributed by atoms with Crippen molar-refractivity contribution in [2.75, 3.05) is 24.2 Å². The van der Waals surface area contributed by atoms with Gasteiger partial charge in [0.15, 0.2) is 10.1 Å². The molecule has 1 aromatic heterocycles. The Labute approximate surface area is 172 Å². The minimum Gasteiger partial charge on any atom is -0.376 e. The van der Waals surface area contributed by atoms with Crippen LogP contribution in [0, 0.1) is 0 Å². The van der Waals surface area contributed by atoms with Gasteiger partial charge in [-0.2, -0.15) is 0 Å². The number of anilines is 1. The van der Waals surface area contributed by atoms with Crippen LogP contribution in [0.1, 0.15) is 48.7 Å². The number of ether oxygens (including phenoxy) is 1. The lowest BCUT2D eigenvalue weighted by Crippen LogP contribution is -2.23. The highest BCUT2D eigenvalue weighted by atomic mass is 32.2. The van der Waals surface area contributed by atoms with E-state index in [0.29, 0.717) is 11.3 Å². The topological polar surface area (TPSA) is 93.2 Å². The molecule has 0 saturated carbocycles. The van der Waals surface area contributed by atoms with Gasteiger partial charge in [-0.25, -0.2) is 0 Å². The Morgan fingerprint density at radius 2 is 2.11 bits per heavy atom. The van der Waals surface area contributed by atoms with E-state index >= 15 is 0 Å². The second-order valence-electron chi connectivity index (χ2n) is 6.65. The number of nitrogens with zero attached hydrogens (tertiary/aromatic N) is 2. The molecule has 150 valence electrons. The van der Waals surface area contributed by atoms with Gasteiger partial charge in [0.05, 0.1) is 17.9 Å². The second-order valence-corrected chi connectivity index (χ2v) is 8.85. The average molecular weight is 421 g/mol. The summed E-state index contributed by atoms with van der Waals surface area (Å²) in [6.45, 7) is 4.97. The van der Waals surface area contributed by atoms with Gasteiger partial charge in [-0.05, 0) is 25.3 Å². The number of Topliss-reactive ketones (excluding diaryl/α,β-unsaturated/α-hetero) is 1. The van der Waals surface area contributed by atoms with Crippen LogP contribution < -0.4 is 10.6 Å². The number of carbonyl (C=O) groups is 2. The molecule has 2 aromatic rings. The number of carbonyl (C=O) groups excluding carboxylic acids is 2. The molecule has 2 N–H and O–H groups in total. The molecule has 1 fully saturated rings. The molecule has 1 aliphatic heterocycles. The summed E-state index contributed by atoms with van der Waals surface area (Å²) >= 11 is 2.84. The number of aromatic nitrogens is 2. The Morgan fingerprint density at radius 1 is 1.32 bits per heavy atom. The van der Waals surface area contributed by atoms with E-state index in [9.17, 15) is 9.59 Å². The molecular weight excluding hydrogens is 396 g/mol. The summed E-state index contributed by atoms with van der Waals surface area (Å²) in [5.74, 6) is 0.263. The van der Waals surface area contributed by atoms with Crippen LogP contribution in [0.2, 0.25) is 0 Å². The van der Waals surface area contributed by atoms with E-state index in [1.54, 1.807) is 12.1 Å². The summed E-state index contributed by atoms with van der Waals surface area (Å²) in [5, 5.41) is 15.1. The molecule has 0 aliphatic carbocycles. The van der Waals surface area contributed by atoms with Gasteiger partial charge in [-0.15, -0.1) is 10.2 Å². The Morgan fingerprint density at radius 3 is 2.79 bits per heavy atom. The van der Waals surface area contributed by atoms with E-state index in [2.05, 4.69) is 20.8 Å². The van der Waals surface area contributed by atoms with Gasteiger partial charge in [-0.3, -0.25) is 9.59 Å². The van der Waals surface area contributed by atoms with Crippen molar-refractivity contribution in [3.05, 3.63) is 35.4 Å². The van der Waals surface area contributed by atoms with Crippen molar-refractivity contribution in [1.82, 2.24) is 15.5 Å². The highest BCUT2D eigenvalue weighted by Gasteiger charge is 2.16. The number of hydrogen-bond acceptors (Lipinski definition) is 8. The van der Waals surface area contributed by atoms with E-state index in [1.807, 2.05) is 19.1 Å². The lowest BCUT2D eigenvalue weighted by molar-refractivity contribution is -0.119. The molecule has 0 unspecified atom stereocenters. The van der Waals surface area contributed by atoms with Crippen LogP contribution in [0.15, 0.2) is 28.6 Å². The van der Waals surface area contributed by atoms with Crippen molar-refractivity contribution in [3.63, 3.8) is 0 Å². The minimum atomic E-state index is -0.0852. The number of rotatable bonds is 9. The number of benzene rings is 1. The van der Waals surface area contributed by atoms with Crippen LogP contribution in [0.3, 0.4) is 0 Å². The van der Waals surface area contributed by atoms with Crippen LogP contribution in [0.4, 0.5) is 5.13 Å². The second kappa shape index (κ2) is 9.99. The average Bonchev–Trinajstić information content (AvgIpc) is 3.36. The maximum Gasteiger partial charge on any atom is 0.217 e. The van der Waals surface area contributed by atoms with Gasteiger partial charge >= 0.3 is 0 Å². The maximum atomic E-state index is 12.4. The molecule has 0 spiro atoms. The van der Waals surface area contributed by atoms with Gasteiger partial charge in [-0.1, -0.05) is 47.4 Å². The smallest absolute Gasteiger partial charge is 0.217 e. The Bertz CT molecular complexity index is 804. The third-order valence-electron chi connectivity index (χ3n) is 4.39.